The van der Waals surface area contributed by atoms with E-state index in [9.17, 15) is 35.4 Å². The lowest BCUT2D eigenvalue weighted by molar-refractivity contribution is -0.302. The van der Waals surface area contributed by atoms with Gasteiger partial charge < -0.3 is 45.4 Å². The molecule has 1 heterocycles. The molecule has 306 valence electrons. The molecule has 2 unspecified atom stereocenters. The van der Waals surface area contributed by atoms with Crippen LogP contribution >= 0.6 is 0 Å². The van der Waals surface area contributed by atoms with Crippen LogP contribution < -0.4 is 5.32 Å². The van der Waals surface area contributed by atoms with Crippen LogP contribution in [0.3, 0.4) is 0 Å². The zero-order valence-corrected chi connectivity index (χ0v) is 32.4. The lowest BCUT2D eigenvalue weighted by Gasteiger charge is -2.40. The van der Waals surface area contributed by atoms with Gasteiger partial charge in [0.25, 0.3) is 0 Å². The molecular formula is C41H83NO9. The third-order valence-electron chi connectivity index (χ3n) is 10.1. The maximum absolute atomic E-state index is 12.9. The summed E-state index contributed by atoms with van der Waals surface area (Å²) in [4.78, 5) is 12.9. The Morgan fingerprint density at radius 1 is 0.627 bits per heavy atom. The van der Waals surface area contributed by atoms with Crippen molar-refractivity contribution in [1.82, 2.24) is 5.32 Å². The molecule has 1 aliphatic heterocycles. The van der Waals surface area contributed by atoms with E-state index >= 15 is 0 Å². The van der Waals surface area contributed by atoms with E-state index in [4.69, 9.17) is 9.47 Å². The van der Waals surface area contributed by atoms with Gasteiger partial charge in [0.2, 0.25) is 5.91 Å². The lowest BCUT2D eigenvalue weighted by atomic mass is 9.99. The monoisotopic (exact) mass is 734 g/mol. The number of aliphatic hydroxyl groups is 6. The number of unbranched alkanes of at least 4 members (excludes halogenated alkanes) is 16. The first-order valence-corrected chi connectivity index (χ1v) is 20.5. The number of nitrogens with one attached hydrogen (secondary N) is 1. The topological polar surface area (TPSA) is 169 Å². The summed E-state index contributed by atoms with van der Waals surface area (Å²) in [7, 11) is 0. The van der Waals surface area contributed by atoms with Crippen molar-refractivity contribution in [3.05, 3.63) is 0 Å². The molecule has 10 heteroatoms. The van der Waals surface area contributed by atoms with Crippen LogP contribution in [0, 0.1) is 11.8 Å². The predicted octanol–water partition coefficient (Wildman–Crippen LogP) is 6.93. The molecule has 0 saturated carbocycles. The number of carbonyl (C=O) groups is 1. The van der Waals surface area contributed by atoms with Crippen LogP contribution in [-0.2, 0) is 14.3 Å². The molecule has 1 saturated heterocycles. The highest BCUT2D eigenvalue weighted by molar-refractivity contribution is 5.76. The molecule has 0 bridgehead atoms. The zero-order chi connectivity index (χ0) is 37.1. The Bertz CT molecular complexity index is 799. The summed E-state index contributed by atoms with van der Waals surface area (Å²) in [6.45, 7) is 8.29. The van der Waals surface area contributed by atoms with Gasteiger partial charge in [0.15, 0.2) is 6.29 Å². The summed E-state index contributed by atoms with van der Waals surface area (Å²) < 4.78 is 11.2. The lowest BCUT2D eigenvalue weighted by Crippen LogP contribution is -2.60. The van der Waals surface area contributed by atoms with Gasteiger partial charge in [0.1, 0.15) is 24.4 Å². The van der Waals surface area contributed by atoms with E-state index in [1.54, 1.807) is 0 Å². The van der Waals surface area contributed by atoms with Crippen molar-refractivity contribution in [2.75, 3.05) is 13.2 Å². The highest BCUT2D eigenvalue weighted by Crippen LogP contribution is 2.23. The van der Waals surface area contributed by atoms with Crippen LogP contribution in [0.2, 0.25) is 0 Å². The van der Waals surface area contributed by atoms with Crippen molar-refractivity contribution in [3.8, 4) is 0 Å². The van der Waals surface area contributed by atoms with Crippen molar-refractivity contribution < 1.29 is 44.9 Å². The molecular weight excluding hydrogens is 650 g/mol. The number of ether oxygens (including phenoxy) is 2. The van der Waals surface area contributed by atoms with Crippen molar-refractivity contribution in [2.24, 2.45) is 11.8 Å². The minimum atomic E-state index is -1.58. The minimum Gasteiger partial charge on any atom is -0.394 e. The van der Waals surface area contributed by atoms with E-state index in [-0.39, 0.29) is 20.5 Å². The summed E-state index contributed by atoms with van der Waals surface area (Å²) in [5, 5.41) is 64.5. The molecule has 1 rings (SSSR count). The molecule has 0 spiro atoms. The maximum atomic E-state index is 12.9. The molecule has 0 aromatic carbocycles. The first-order chi connectivity index (χ1) is 24.0. The second-order valence-corrected chi connectivity index (χ2v) is 15.9. The van der Waals surface area contributed by atoms with Gasteiger partial charge in [-0.3, -0.25) is 4.79 Å². The average Bonchev–Trinajstić information content (AvgIpc) is 3.07. The molecule has 7 N–H and O–H groups in total. The summed E-state index contributed by atoms with van der Waals surface area (Å²) in [6.07, 6.45) is 15.7. The van der Waals surface area contributed by atoms with Crippen LogP contribution in [-0.4, -0.2) is 98.7 Å². The van der Waals surface area contributed by atoms with Crippen LogP contribution in [0.5, 0.6) is 0 Å². The van der Waals surface area contributed by atoms with Crippen molar-refractivity contribution >= 4 is 5.91 Å². The van der Waals surface area contributed by atoms with Gasteiger partial charge in [-0.05, 0) is 24.7 Å². The second-order valence-electron chi connectivity index (χ2n) is 15.9. The van der Waals surface area contributed by atoms with E-state index in [1.807, 2.05) is 0 Å². The van der Waals surface area contributed by atoms with Crippen molar-refractivity contribution in [2.45, 2.75) is 232 Å². The Morgan fingerprint density at radius 3 is 1.47 bits per heavy atom. The van der Waals surface area contributed by atoms with Crippen LogP contribution in [0.1, 0.15) is 183 Å². The molecule has 10 nitrogen and oxygen atoms in total. The number of amides is 1. The van der Waals surface area contributed by atoms with Gasteiger partial charge in [-0.15, -0.1) is 0 Å². The molecule has 1 aliphatic rings. The molecule has 0 aromatic rings. The average molecular weight is 734 g/mol. The maximum Gasteiger partial charge on any atom is 0.222 e. The zero-order valence-electron chi connectivity index (χ0n) is 32.4. The van der Waals surface area contributed by atoms with Crippen LogP contribution in [0.25, 0.3) is 0 Å². The SMILES string of the molecule is C.CC(C)CCCCCCCCCCC[C@H](O)CC(=O)N[C@@H](CO[C@H]1OC(CO)[C@H](O)[C@H](O)C1O)[C@H](O)CCCCCCCCCCCC(C)C. The Hall–Kier alpha value is -0.850. The fourth-order valence-electron chi connectivity index (χ4n) is 6.75. The van der Waals surface area contributed by atoms with Gasteiger partial charge in [0, 0.05) is 0 Å². The molecule has 0 radical (unpaired) electrons. The number of hydrogen-bond donors (Lipinski definition) is 7. The third kappa shape index (κ3) is 25.0. The summed E-state index contributed by atoms with van der Waals surface area (Å²) in [5.74, 6) is 1.17. The Balaban J connectivity index is 0.0000250. The van der Waals surface area contributed by atoms with Gasteiger partial charge in [-0.1, -0.05) is 164 Å². The third-order valence-corrected chi connectivity index (χ3v) is 10.1. The number of rotatable bonds is 32. The fourth-order valence-corrected chi connectivity index (χ4v) is 6.75. The van der Waals surface area contributed by atoms with Crippen LogP contribution in [0.15, 0.2) is 0 Å². The molecule has 8 atom stereocenters. The number of aliphatic hydroxyl groups excluding tert-OH is 6. The van der Waals surface area contributed by atoms with E-state index in [2.05, 4.69) is 33.0 Å². The number of hydrogen-bond acceptors (Lipinski definition) is 9. The van der Waals surface area contributed by atoms with E-state index in [0.29, 0.717) is 12.8 Å². The van der Waals surface area contributed by atoms with Gasteiger partial charge in [-0.2, -0.15) is 0 Å². The molecule has 51 heavy (non-hydrogen) atoms. The molecule has 0 aromatic heterocycles. The molecule has 0 aliphatic carbocycles. The van der Waals surface area contributed by atoms with Crippen molar-refractivity contribution in [3.63, 3.8) is 0 Å². The van der Waals surface area contributed by atoms with E-state index in [1.165, 1.54) is 83.5 Å². The highest BCUT2D eigenvalue weighted by Gasteiger charge is 2.44. The molecule has 1 amide bonds. The summed E-state index contributed by atoms with van der Waals surface area (Å²) in [6, 6.07) is -0.835. The summed E-state index contributed by atoms with van der Waals surface area (Å²) >= 11 is 0. The van der Waals surface area contributed by atoms with Gasteiger partial charge in [0.05, 0.1) is 37.9 Å². The van der Waals surface area contributed by atoms with E-state index in [0.717, 1.165) is 56.8 Å². The first-order valence-electron chi connectivity index (χ1n) is 20.5. The standard InChI is InChI=1S/C40H79NO9.CH4/c1-30(2)23-19-15-11-7-5-9-13-17-21-25-32(43)27-36(45)41-33(29-49-40-39(48)38(47)37(46)35(28-42)50-40)34(44)26-22-18-14-10-6-8-12-16-20-24-31(3)4;/h30-35,37-40,42-44,46-48H,5-29H2,1-4H3,(H,41,45);1H4/t32-,33-,34+,35?,37-,38-,39?,40-;/m0./s1. The van der Waals surface area contributed by atoms with Crippen molar-refractivity contribution in [1.29, 1.82) is 0 Å². The largest absolute Gasteiger partial charge is 0.394 e. The highest BCUT2D eigenvalue weighted by atomic mass is 16.7. The Kier molecular flexibility index (Phi) is 31.0. The molecule has 1 fully saturated rings. The van der Waals surface area contributed by atoms with Gasteiger partial charge in [-0.25, -0.2) is 0 Å². The van der Waals surface area contributed by atoms with E-state index < -0.39 is 61.5 Å². The quantitative estimate of drug-likeness (QED) is 0.0363. The minimum absolute atomic E-state index is 0. The van der Waals surface area contributed by atoms with Crippen LogP contribution in [0.4, 0.5) is 0 Å². The second kappa shape index (κ2) is 31.5. The first kappa shape index (κ1) is 50.1. The number of carbonyl (C=O) groups excluding carboxylic acids is 1. The normalized spacial score (nSPS) is 22.5. The predicted molar refractivity (Wildman–Crippen MR) is 206 cm³/mol. The summed E-state index contributed by atoms with van der Waals surface area (Å²) in [5.41, 5.74) is 0. The Labute approximate surface area is 312 Å². The smallest absolute Gasteiger partial charge is 0.222 e. The fraction of sp³-hybridized carbons (Fsp3) is 0.976. The Morgan fingerprint density at radius 2 is 1.04 bits per heavy atom. The van der Waals surface area contributed by atoms with Gasteiger partial charge >= 0.3 is 0 Å².